The number of aliphatic imine (C=N–C) groups is 1. The number of aliphatic hydroxyl groups excluding tert-OH is 1. The van der Waals surface area contributed by atoms with Gasteiger partial charge in [-0.2, -0.15) is 24.9 Å². The molecule has 0 aromatic heterocycles. The van der Waals surface area contributed by atoms with Gasteiger partial charge in [0.1, 0.15) is 0 Å². The van der Waals surface area contributed by atoms with E-state index in [1.54, 1.807) is 0 Å². The lowest BCUT2D eigenvalue weighted by atomic mass is 10.1. The highest BCUT2D eigenvalue weighted by molar-refractivity contribution is 8.00. The minimum atomic E-state index is -4.61. The maximum Gasteiger partial charge on any atom is 0.416 e. The zero-order chi connectivity index (χ0) is 15.3. The predicted octanol–water partition coefficient (Wildman–Crippen LogP) is 1.56. The van der Waals surface area contributed by atoms with Crippen molar-refractivity contribution < 1.29 is 18.3 Å². The summed E-state index contributed by atoms with van der Waals surface area (Å²) in [7, 11) is 1.54. The van der Waals surface area contributed by atoms with Gasteiger partial charge in [-0.1, -0.05) is 13.8 Å². The van der Waals surface area contributed by atoms with Crippen molar-refractivity contribution in [3.8, 4) is 0 Å². The van der Waals surface area contributed by atoms with Gasteiger partial charge in [-0.15, -0.1) is 0 Å². The zero-order valence-electron chi connectivity index (χ0n) is 11.9. The van der Waals surface area contributed by atoms with E-state index >= 15 is 0 Å². The molecular formula is C12H22F3N3OS. The number of nitrogens with zero attached hydrogens (tertiary/aromatic N) is 2. The van der Waals surface area contributed by atoms with Crippen LogP contribution in [0, 0.1) is 5.92 Å². The number of hydrogen-bond donors (Lipinski definition) is 2. The third-order valence-corrected chi connectivity index (χ3v) is 4.72. The molecule has 0 aromatic rings. The van der Waals surface area contributed by atoms with Crippen LogP contribution in [0.1, 0.15) is 13.8 Å². The minimum Gasteiger partial charge on any atom is -0.382 e. The molecule has 4 nitrogen and oxygen atoms in total. The molecule has 0 radical (unpaired) electrons. The van der Waals surface area contributed by atoms with Crippen LogP contribution >= 0.6 is 11.8 Å². The van der Waals surface area contributed by atoms with Gasteiger partial charge in [0.25, 0.3) is 0 Å². The monoisotopic (exact) mass is 313 g/mol. The van der Waals surface area contributed by atoms with E-state index in [0.717, 1.165) is 18.8 Å². The van der Waals surface area contributed by atoms with Gasteiger partial charge in [0, 0.05) is 31.1 Å². The van der Waals surface area contributed by atoms with Crippen molar-refractivity contribution in [2.75, 3.05) is 32.4 Å². The number of guanidine groups is 1. The average Bonchev–Trinajstić information content (AvgIpc) is 2.38. The third-order valence-electron chi connectivity index (χ3n) is 3.18. The first-order chi connectivity index (χ1) is 9.25. The fraction of sp³-hybridized carbons (Fsp3) is 0.917. The van der Waals surface area contributed by atoms with Crippen LogP contribution in [0.3, 0.4) is 0 Å². The van der Waals surface area contributed by atoms with Gasteiger partial charge in [-0.05, 0) is 5.92 Å². The molecule has 118 valence electrons. The second-order valence-electron chi connectivity index (χ2n) is 5.08. The van der Waals surface area contributed by atoms with Gasteiger partial charge in [-0.25, -0.2) is 0 Å². The molecule has 2 unspecified atom stereocenters. The minimum absolute atomic E-state index is 0.416. The van der Waals surface area contributed by atoms with E-state index < -0.39 is 18.8 Å². The standard InChI is InChI=1S/C12H22F3N3OS/c1-8(2)9-7-18(4-5-20-9)11(16-3)17-6-10(19)12(13,14)15/h8-10,19H,4-7H2,1-3H3,(H,16,17). The zero-order valence-corrected chi connectivity index (χ0v) is 12.8. The Bertz CT molecular complexity index is 336. The first kappa shape index (κ1) is 17.4. The first-order valence-electron chi connectivity index (χ1n) is 6.57. The van der Waals surface area contributed by atoms with Crippen molar-refractivity contribution in [2.24, 2.45) is 10.9 Å². The Kier molecular flexibility index (Phi) is 6.44. The maximum absolute atomic E-state index is 12.3. The molecule has 1 saturated heterocycles. The lowest BCUT2D eigenvalue weighted by molar-refractivity contribution is -0.201. The third kappa shape index (κ3) is 5.05. The molecule has 8 heteroatoms. The number of hydrogen-bond acceptors (Lipinski definition) is 3. The van der Waals surface area contributed by atoms with Crippen LogP contribution in [0.25, 0.3) is 0 Å². The topological polar surface area (TPSA) is 47.9 Å². The lowest BCUT2D eigenvalue weighted by Gasteiger charge is -2.36. The molecule has 2 N–H and O–H groups in total. The van der Waals surface area contributed by atoms with Crippen LogP contribution in [0.4, 0.5) is 13.2 Å². The Morgan fingerprint density at radius 1 is 1.50 bits per heavy atom. The highest BCUT2D eigenvalue weighted by Crippen LogP contribution is 2.25. The Morgan fingerprint density at radius 3 is 2.65 bits per heavy atom. The van der Waals surface area contributed by atoms with E-state index in [2.05, 4.69) is 24.2 Å². The summed E-state index contributed by atoms with van der Waals surface area (Å²) < 4.78 is 36.8. The molecule has 0 aromatic carbocycles. The van der Waals surface area contributed by atoms with Crippen molar-refractivity contribution in [3.05, 3.63) is 0 Å². The Morgan fingerprint density at radius 2 is 2.15 bits per heavy atom. The van der Waals surface area contributed by atoms with Crippen molar-refractivity contribution in [3.63, 3.8) is 0 Å². The number of halogens is 3. The van der Waals surface area contributed by atoms with E-state index in [1.165, 1.54) is 7.05 Å². The molecule has 1 fully saturated rings. The van der Waals surface area contributed by atoms with E-state index in [0.29, 0.717) is 17.1 Å². The molecule has 0 bridgehead atoms. The fourth-order valence-corrected chi connectivity index (χ4v) is 3.21. The summed E-state index contributed by atoms with van der Waals surface area (Å²) in [6.45, 7) is 5.18. The molecule has 2 atom stereocenters. The largest absolute Gasteiger partial charge is 0.416 e. The number of aliphatic hydroxyl groups is 1. The first-order valence-corrected chi connectivity index (χ1v) is 7.62. The summed E-state index contributed by atoms with van der Waals surface area (Å²) in [5.41, 5.74) is 0. The predicted molar refractivity (Wildman–Crippen MR) is 76.1 cm³/mol. The Labute approximate surface area is 121 Å². The number of alkyl halides is 3. The van der Waals surface area contributed by atoms with Crippen molar-refractivity contribution in [2.45, 2.75) is 31.4 Å². The normalized spacial score (nSPS) is 23.1. The van der Waals surface area contributed by atoms with Crippen LogP contribution in [0.15, 0.2) is 4.99 Å². The summed E-state index contributed by atoms with van der Waals surface area (Å²) >= 11 is 1.88. The van der Waals surface area contributed by atoms with Gasteiger partial charge < -0.3 is 15.3 Å². The molecular weight excluding hydrogens is 291 g/mol. The summed E-state index contributed by atoms with van der Waals surface area (Å²) in [6, 6.07) is 0. The van der Waals surface area contributed by atoms with Gasteiger partial charge in [0.15, 0.2) is 12.1 Å². The van der Waals surface area contributed by atoms with Gasteiger partial charge >= 0.3 is 6.18 Å². The number of thioether (sulfide) groups is 1. The van der Waals surface area contributed by atoms with Gasteiger partial charge in [-0.3, -0.25) is 4.99 Å². The van der Waals surface area contributed by atoms with Crippen LogP contribution in [0.5, 0.6) is 0 Å². The summed E-state index contributed by atoms with van der Waals surface area (Å²) in [4.78, 5) is 5.95. The van der Waals surface area contributed by atoms with Gasteiger partial charge in [0.2, 0.25) is 0 Å². The Balaban J connectivity index is 2.54. The molecule has 1 aliphatic rings. The fourth-order valence-electron chi connectivity index (χ4n) is 1.91. The van der Waals surface area contributed by atoms with E-state index in [4.69, 9.17) is 5.11 Å². The van der Waals surface area contributed by atoms with Crippen LogP contribution in [-0.2, 0) is 0 Å². The SMILES string of the molecule is CN=C(NCC(O)C(F)(F)F)N1CCSC(C(C)C)C1. The molecule has 0 spiro atoms. The quantitative estimate of drug-likeness (QED) is 0.613. The molecule has 20 heavy (non-hydrogen) atoms. The molecule has 1 heterocycles. The van der Waals surface area contributed by atoms with Crippen molar-refractivity contribution >= 4 is 17.7 Å². The van der Waals surface area contributed by atoms with Crippen molar-refractivity contribution in [1.29, 1.82) is 0 Å². The van der Waals surface area contributed by atoms with Crippen LogP contribution in [-0.4, -0.2) is 65.9 Å². The number of rotatable bonds is 3. The lowest BCUT2D eigenvalue weighted by Crippen LogP contribution is -2.51. The molecule has 0 amide bonds. The molecule has 0 saturated carbocycles. The van der Waals surface area contributed by atoms with E-state index in [9.17, 15) is 13.2 Å². The van der Waals surface area contributed by atoms with E-state index in [1.807, 2.05) is 16.7 Å². The summed E-state index contributed by atoms with van der Waals surface area (Å²) in [5.74, 6) is 1.84. The highest BCUT2D eigenvalue weighted by Gasteiger charge is 2.38. The number of nitrogens with one attached hydrogen (secondary N) is 1. The average molecular weight is 313 g/mol. The Hall–Kier alpha value is -0.630. The maximum atomic E-state index is 12.3. The molecule has 1 aliphatic heterocycles. The summed E-state index contributed by atoms with van der Waals surface area (Å²) in [5, 5.41) is 12.0. The smallest absolute Gasteiger partial charge is 0.382 e. The summed E-state index contributed by atoms with van der Waals surface area (Å²) in [6.07, 6.45) is -6.98. The second kappa shape index (κ2) is 7.40. The van der Waals surface area contributed by atoms with Crippen LogP contribution < -0.4 is 5.32 Å². The van der Waals surface area contributed by atoms with Crippen molar-refractivity contribution in [1.82, 2.24) is 10.2 Å². The van der Waals surface area contributed by atoms with Crippen LogP contribution in [0.2, 0.25) is 0 Å². The van der Waals surface area contributed by atoms with Gasteiger partial charge in [0.05, 0.1) is 6.54 Å². The highest BCUT2D eigenvalue weighted by atomic mass is 32.2. The molecule has 1 rings (SSSR count). The second-order valence-corrected chi connectivity index (χ2v) is 6.43. The molecule has 0 aliphatic carbocycles. The van der Waals surface area contributed by atoms with E-state index in [-0.39, 0.29) is 0 Å².